The summed E-state index contributed by atoms with van der Waals surface area (Å²) in [5, 5.41) is 3.21. The zero-order valence-electron chi connectivity index (χ0n) is 8.65. The van der Waals surface area contributed by atoms with Gasteiger partial charge in [-0.1, -0.05) is 27.7 Å². The van der Waals surface area contributed by atoms with E-state index in [0.717, 1.165) is 24.3 Å². The smallest absolute Gasteiger partial charge is 0.00491 e. The Hall–Kier alpha value is -0.0400. The van der Waals surface area contributed by atoms with Crippen molar-refractivity contribution >= 4 is 0 Å². The Bertz CT molecular complexity index is 78.9. The second kappa shape index (κ2) is 5.59. The second-order valence-electron chi connectivity index (χ2n) is 4.04. The lowest BCUT2D eigenvalue weighted by atomic mass is 9.83. The van der Waals surface area contributed by atoms with Crippen LogP contribution in [0.3, 0.4) is 0 Å². The minimum absolute atomic E-state index is 0.823. The molecule has 0 atom stereocenters. The molecule has 0 amide bonds. The van der Waals surface area contributed by atoms with Crippen LogP contribution in [0.2, 0.25) is 0 Å². The first-order valence-corrected chi connectivity index (χ1v) is 4.74. The molecular weight excluding hydrogens is 134 g/mol. The highest BCUT2D eigenvalue weighted by molar-refractivity contribution is 4.67. The van der Waals surface area contributed by atoms with E-state index in [1.54, 1.807) is 0 Å². The van der Waals surface area contributed by atoms with Crippen molar-refractivity contribution < 1.29 is 0 Å². The summed E-state index contributed by atoms with van der Waals surface area (Å²) < 4.78 is 0. The molecule has 0 aromatic heterocycles. The molecule has 0 saturated carbocycles. The molecule has 0 spiro atoms. The topological polar surface area (TPSA) is 12.0 Å². The van der Waals surface area contributed by atoms with Crippen LogP contribution in [-0.4, -0.2) is 13.6 Å². The Balaban J connectivity index is 3.70. The van der Waals surface area contributed by atoms with E-state index in [0.29, 0.717) is 0 Å². The van der Waals surface area contributed by atoms with Crippen LogP contribution in [0.25, 0.3) is 0 Å². The number of rotatable bonds is 5. The zero-order chi connectivity index (χ0) is 8.85. The fraction of sp³-hybridized carbons (Fsp3) is 1.00. The van der Waals surface area contributed by atoms with E-state index in [4.69, 9.17) is 0 Å². The molecule has 0 saturated heterocycles. The minimum Gasteiger partial charge on any atom is -0.320 e. The summed E-state index contributed by atoms with van der Waals surface area (Å²) in [5.41, 5.74) is 0. The molecule has 0 aliphatic heterocycles. The third-order valence-corrected chi connectivity index (χ3v) is 2.44. The molecule has 1 N–H and O–H groups in total. The van der Waals surface area contributed by atoms with E-state index in [2.05, 4.69) is 33.0 Å². The van der Waals surface area contributed by atoms with Crippen molar-refractivity contribution in [2.45, 2.75) is 34.1 Å². The van der Waals surface area contributed by atoms with Crippen molar-refractivity contribution in [2.24, 2.45) is 17.8 Å². The first-order chi connectivity index (χ1) is 5.09. The largest absolute Gasteiger partial charge is 0.320 e. The summed E-state index contributed by atoms with van der Waals surface area (Å²) in [7, 11) is 2.03. The van der Waals surface area contributed by atoms with Crippen molar-refractivity contribution in [2.75, 3.05) is 13.6 Å². The normalized spacial score (nSPS) is 12.0. The summed E-state index contributed by atoms with van der Waals surface area (Å²) >= 11 is 0. The van der Waals surface area contributed by atoms with Crippen molar-refractivity contribution in [3.05, 3.63) is 0 Å². The van der Waals surface area contributed by atoms with Gasteiger partial charge in [0.15, 0.2) is 0 Å². The van der Waals surface area contributed by atoms with E-state index in [9.17, 15) is 0 Å². The highest BCUT2D eigenvalue weighted by Gasteiger charge is 2.15. The van der Waals surface area contributed by atoms with Crippen LogP contribution in [0.4, 0.5) is 0 Å². The van der Waals surface area contributed by atoms with Gasteiger partial charge >= 0.3 is 0 Å². The van der Waals surface area contributed by atoms with Gasteiger partial charge in [0.05, 0.1) is 0 Å². The van der Waals surface area contributed by atoms with Crippen LogP contribution >= 0.6 is 0 Å². The lowest BCUT2D eigenvalue weighted by Gasteiger charge is -2.24. The molecule has 1 nitrogen and oxygen atoms in total. The van der Waals surface area contributed by atoms with Crippen molar-refractivity contribution in [3.63, 3.8) is 0 Å². The predicted molar refractivity (Wildman–Crippen MR) is 51.7 cm³/mol. The highest BCUT2D eigenvalue weighted by Crippen LogP contribution is 2.23. The molecule has 0 aromatic rings. The van der Waals surface area contributed by atoms with E-state index in [1.807, 2.05) is 7.05 Å². The van der Waals surface area contributed by atoms with Gasteiger partial charge in [-0.3, -0.25) is 0 Å². The number of hydrogen-bond acceptors (Lipinski definition) is 1. The molecular formula is C10H23N. The third-order valence-electron chi connectivity index (χ3n) is 2.44. The summed E-state index contributed by atoms with van der Waals surface area (Å²) in [6, 6.07) is 0. The lowest BCUT2D eigenvalue weighted by molar-refractivity contribution is 0.268. The summed E-state index contributed by atoms with van der Waals surface area (Å²) in [6.07, 6.45) is 1.31. The van der Waals surface area contributed by atoms with Crippen molar-refractivity contribution in [1.82, 2.24) is 5.32 Å². The van der Waals surface area contributed by atoms with Crippen LogP contribution in [0.1, 0.15) is 34.1 Å². The lowest BCUT2D eigenvalue weighted by Crippen LogP contribution is -2.21. The molecule has 0 rings (SSSR count). The van der Waals surface area contributed by atoms with Gasteiger partial charge in [-0.25, -0.2) is 0 Å². The third kappa shape index (κ3) is 4.41. The fourth-order valence-electron chi connectivity index (χ4n) is 1.75. The van der Waals surface area contributed by atoms with Crippen molar-refractivity contribution in [3.8, 4) is 0 Å². The Morgan fingerprint density at radius 3 is 1.73 bits per heavy atom. The van der Waals surface area contributed by atoms with Gasteiger partial charge < -0.3 is 5.32 Å². The maximum absolute atomic E-state index is 3.21. The van der Waals surface area contributed by atoms with Gasteiger partial charge in [-0.05, 0) is 37.8 Å². The van der Waals surface area contributed by atoms with Crippen LogP contribution in [-0.2, 0) is 0 Å². The SMILES string of the molecule is CNCCC(C(C)C)C(C)C. The van der Waals surface area contributed by atoms with E-state index >= 15 is 0 Å². The molecule has 0 unspecified atom stereocenters. The van der Waals surface area contributed by atoms with Crippen LogP contribution in [0.15, 0.2) is 0 Å². The number of hydrogen-bond donors (Lipinski definition) is 1. The molecule has 1 heteroatoms. The Morgan fingerprint density at radius 2 is 1.45 bits per heavy atom. The Labute approximate surface area is 71.6 Å². The van der Waals surface area contributed by atoms with Gasteiger partial charge in [0.2, 0.25) is 0 Å². The molecule has 11 heavy (non-hydrogen) atoms. The molecule has 0 aliphatic rings. The Morgan fingerprint density at radius 1 is 1.00 bits per heavy atom. The molecule has 0 radical (unpaired) electrons. The van der Waals surface area contributed by atoms with Crippen LogP contribution < -0.4 is 5.32 Å². The van der Waals surface area contributed by atoms with Gasteiger partial charge in [-0.15, -0.1) is 0 Å². The maximum atomic E-state index is 3.21. The standard InChI is InChI=1S/C10H23N/c1-8(2)10(9(3)4)6-7-11-5/h8-11H,6-7H2,1-5H3. The van der Waals surface area contributed by atoms with Crippen molar-refractivity contribution in [1.29, 1.82) is 0 Å². The molecule has 0 fully saturated rings. The second-order valence-corrected chi connectivity index (χ2v) is 4.04. The van der Waals surface area contributed by atoms with Gasteiger partial charge in [-0.2, -0.15) is 0 Å². The Kier molecular flexibility index (Phi) is 5.57. The van der Waals surface area contributed by atoms with Crippen LogP contribution in [0, 0.1) is 17.8 Å². The highest BCUT2D eigenvalue weighted by atomic mass is 14.8. The van der Waals surface area contributed by atoms with Crippen LogP contribution in [0.5, 0.6) is 0 Å². The number of nitrogens with one attached hydrogen (secondary N) is 1. The van der Waals surface area contributed by atoms with Gasteiger partial charge in [0, 0.05) is 0 Å². The molecule has 68 valence electrons. The van der Waals surface area contributed by atoms with Gasteiger partial charge in [0.1, 0.15) is 0 Å². The molecule has 0 aliphatic carbocycles. The maximum Gasteiger partial charge on any atom is -0.00491 e. The molecule has 0 bridgehead atoms. The fourth-order valence-corrected chi connectivity index (χ4v) is 1.75. The molecule has 0 heterocycles. The minimum atomic E-state index is 0.823. The quantitative estimate of drug-likeness (QED) is 0.646. The summed E-state index contributed by atoms with van der Waals surface area (Å²) in [6.45, 7) is 10.4. The molecule has 0 aromatic carbocycles. The summed E-state index contributed by atoms with van der Waals surface area (Å²) in [4.78, 5) is 0. The predicted octanol–water partition coefficient (Wildman–Crippen LogP) is 2.52. The monoisotopic (exact) mass is 157 g/mol. The summed E-state index contributed by atoms with van der Waals surface area (Å²) in [5.74, 6) is 2.52. The zero-order valence-corrected chi connectivity index (χ0v) is 8.65. The van der Waals surface area contributed by atoms with E-state index in [1.165, 1.54) is 6.42 Å². The van der Waals surface area contributed by atoms with Gasteiger partial charge in [0.25, 0.3) is 0 Å². The average Bonchev–Trinajstić information content (AvgIpc) is 1.87. The van der Waals surface area contributed by atoms with E-state index in [-0.39, 0.29) is 0 Å². The first-order valence-electron chi connectivity index (χ1n) is 4.74. The first kappa shape index (κ1) is 11.0. The van der Waals surface area contributed by atoms with E-state index < -0.39 is 0 Å². The average molecular weight is 157 g/mol.